The Balaban J connectivity index is 2.04. The van der Waals surface area contributed by atoms with Crippen LogP contribution in [0.2, 0.25) is 5.04 Å². The van der Waals surface area contributed by atoms with Crippen molar-refractivity contribution in [1.29, 1.82) is 0 Å². The number of hydrogen-bond donors (Lipinski definition) is 1. The first-order chi connectivity index (χ1) is 14.3. The molecule has 2 aromatic rings. The predicted molar refractivity (Wildman–Crippen MR) is 122 cm³/mol. The zero-order chi connectivity index (χ0) is 21.8. The fourth-order valence-corrected chi connectivity index (χ4v) is 9.31. The van der Waals surface area contributed by atoms with Crippen LogP contribution in [0.4, 0.5) is 0 Å². The summed E-state index contributed by atoms with van der Waals surface area (Å²) < 4.78 is 12.4. The highest BCUT2D eigenvalue weighted by atomic mass is 28.4. The quantitative estimate of drug-likeness (QED) is 0.492. The average molecular weight is 427 g/mol. The van der Waals surface area contributed by atoms with Gasteiger partial charge in [0.05, 0.1) is 18.6 Å². The molecule has 30 heavy (non-hydrogen) atoms. The van der Waals surface area contributed by atoms with Crippen LogP contribution in [0.1, 0.15) is 40.5 Å². The van der Waals surface area contributed by atoms with E-state index in [4.69, 9.17) is 9.16 Å². The Labute approximate surface area is 181 Å². The molecule has 162 valence electrons. The minimum Gasteiger partial charge on any atom is -0.466 e. The molecule has 0 aromatic heterocycles. The molecule has 0 bridgehead atoms. The van der Waals surface area contributed by atoms with E-state index in [1.165, 1.54) is 10.4 Å². The molecule has 0 radical (unpaired) electrons. The van der Waals surface area contributed by atoms with Crippen LogP contribution in [0.5, 0.6) is 0 Å². The third-order valence-corrected chi connectivity index (χ3v) is 11.1. The molecule has 1 fully saturated rings. The van der Waals surface area contributed by atoms with Crippen molar-refractivity contribution in [2.24, 2.45) is 11.8 Å². The van der Waals surface area contributed by atoms with Crippen LogP contribution >= 0.6 is 0 Å². The molecule has 1 unspecified atom stereocenters. The van der Waals surface area contributed by atoms with E-state index in [0.29, 0.717) is 13.0 Å². The Bertz CT molecular complexity index is 777. The van der Waals surface area contributed by atoms with Gasteiger partial charge in [0, 0.05) is 6.61 Å². The molecule has 0 aliphatic heterocycles. The molecule has 1 N–H and O–H groups in total. The maximum absolute atomic E-state index is 12.3. The predicted octanol–water partition coefficient (Wildman–Crippen LogP) is 3.51. The van der Waals surface area contributed by atoms with Crippen molar-refractivity contribution < 1.29 is 19.1 Å². The van der Waals surface area contributed by atoms with Crippen LogP contribution in [0.25, 0.3) is 0 Å². The summed E-state index contributed by atoms with van der Waals surface area (Å²) in [5.74, 6) is -0.172. The van der Waals surface area contributed by atoms with E-state index >= 15 is 0 Å². The van der Waals surface area contributed by atoms with Crippen LogP contribution in [-0.4, -0.2) is 38.7 Å². The molecular weight excluding hydrogens is 392 g/mol. The van der Waals surface area contributed by atoms with E-state index in [9.17, 15) is 9.90 Å². The minimum atomic E-state index is -2.72. The largest absolute Gasteiger partial charge is 0.466 e. The molecule has 3 rings (SSSR count). The second kappa shape index (κ2) is 9.46. The van der Waals surface area contributed by atoms with E-state index < -0.39 is 8.32 Å². The van der Waals surface area contributed by atoms with Gasteiger partial charge >= 0.3 is 5.97 Å². The number of aliphatic hydroxyl groups is 1. The molecule has 3 atom stereocenters. The van der Waals surface area contributed by atoms with Crippen LogP contribution in [0, 0.1) is 11.8 Å². The lowest BCUT2D eigenvalue weighted by atomic mass is 10.1. The Morgan fingerprint density at radius 2 is 1.60 bits per heavy atom. The molecule has 0 heterocycles. The zero-order valence-electron chi connectivity index (χ0n) is 18.5. The van der Waals surface area contributed by atoms with Crippen molar-refractivity contribution in [3.05, 3.63) is 60.7 Å². The lowest BCUT2D eigenvalue weighted by molar-refractivity contribution is -0.145. The highest BCUT2D eigenvalue weighted by Gasteiger charge is 2.56. The van der Waals surface area contributed by atoms with E-state index in [1.54, 1.807) is 0 Å². The third-order valence-electron chi connectivity index (χ3n) is 6.07. The second-order valence-electron chi connectivity index (χ2n) is 9.09. The number of benzene rings is 2. The molecule has 1 aliphatic carbocycles. The van der Waals surface area contributed by atoms with E-state index in [-0.39, 0.29) is 35.6 Å². The Hall–Kier alpha value is -1.95. The molecule has 0 saturated heterocycles. The topological polar surface area (TPSA) is 55.8 Å². The van der Waals surface area contributed by atoms with Crippen molar-refractivity contribution in [3.8, 4) is 0 Å². The molecule has 0 amide bonds. The monoisotopic (exact) mass is 426 g/mol. The van der Waals surface area contributed by atoms with Crippen molar-refractivity contribution in [3.63, 3.8) is 0 Å². The summed E-state index contributed by atoms with van der Waals surface area (Å²) in [6.07, 6.45) is 1.10. The molecule has 5 heteroatoms. The van der Waals surface area contributed by atoms with Gasteiger partial charge in [-0.15, -0.1) is 0 Å². The standard InChI is InChI=1S/C25H34O4Si/c1-5-28-24(27)22-18-21(22)23(16-17-26)29-30(25(2,3)4,19-12-8-6-9-13-19)20-14-10-7-11-15-20/h6-15,21-23,26H,5,16-18H2,1-4H3/t21-,22-,23?/m1/s1. The van der Waals surface area contributed by atoms with Gasteiger partial charge < -0.3 is 14.3 Å². The normalized spacial score (nSPS) is 19.9. The second-order valence-corrected chi connectivity index (χ2v) is 13.3. The summed E-state index contributed by atoms with van der Waals surface area (Å²) in [5.41, 5.74) is 0. The van der Waals surface area contributed by atoms with Crippen molar-refractivity contribution in [1.82, 2.24) is 0 Å². The van der Waals surface area contributed by atoms with Gasteiger partial charge in [-0.1, -0.05) is 81.4 Å². The highest BCUT2D eigenvalue weighted by Crippen LogP contribution is 2.47. The first kappa shape index (κ1) is 22.7. The summed E-state index contributed by atoms with van der Waals surface area (Å²) in [7, 11) is -2.72. The van der Waals surface area contributed by atoms with Crippen molar-refractivity contribution in [2.45, 2.75) is 51.7 Å². The highest BCUT2D eigenvalue weighted by molar-refractivity contribution is 6.99. The SMILES string of the molecule is CCOC(=O)[C@@H]1C[C@H]1C(CCO)O[Si](c1ccccc1)(c1ccccc1)C(C)(C)C. The fraction of sp³-hybridized carbons (Fsp3) is 0.480. The lowest BCUT2D eigenvalue weighted by Gasteiger charge is -2.45. The maximum Gasteiger partial charge on any atom is 0.309 e. The van der Waals surface area contributed by atoms with Gasteiger partial charge in [-0.05, 0) is 41.1 Å². The van der Waals surface area contributed by atoms with Crippen LogP contribution in [-0.2, 0) is 14.0 Å². The Morgan fingerprint density at radius 1 is 1.07 bits per heavy atom. The molecular formula is C25H34O4Si. The molecule has 1 aliphatic rings. The summed E-state index contributed by atoms with van der Waals surface area (Å²) in [6.45, 7) is 8.98. The van der Waals surface area contributed by atoms with Gasteiger partial charge in [-0.3, -0.25) is 4.79 Å². The van der Waals surface area contributed by atoms with Gasteiger partial charge in [0.25, 0.3) is 8.32 Å². The lowest BCUT2D eigenvalue weighted by Crippen LogP contribution is -2.68. The third kappa shape index (κ3) is 4.53. The number of carbonyl (C=O) groups is 1. The van der Waals surface area contributed by atoms with Crippen molar-refractivity contribution >= 4 is 24.7 Å². The maximum atomic E-state index is 12.3. The fourth-order valence-electron chi connectivity index (χ4n) is 4.55. The number of hydrogen-bond acceptors (Lipinski definition) is 4. The Morgan fingerprint density at radius 3 is 2.03 bits per heavy atom. The average Bonchev–Trinajstić information content (AvgIpc) is 3.53. The minimum absolute atomic E-state index is 0.0366. The molecule has 2 aromatic carbocycles. The van der Waals surface area contributed by atoms with Crippen LogP contribution < -0.4 is 10.4 Å². The first-order valence-electron chi connectivity index (χ1n) is 10.9. The van der Waals surface area contributed by atoms with Crippen LogP contribution in [0.3, 0.4) is 0 Å². The van der Waals surface area contributed by atoms with E-state index in [2.05, 4.69) is 69.3 Å². The Kier molecular flexibility index (Phi) is 7.16. The van der Waals surface area contributed by atoms with E-state index in [1.807, 2.05) is 19.1 Å². The molecule has 0 spiro atoms. The zero-order valence-corrected chi connectivity index (χ0v) is 19.5. The number of ether oxygens (including phenoxy) is 1. The molecule has 4 nitrogen and oxygen atoms in total. The van der Waals surface area contributed by atoms with Gasteiger partial charge in [-0.2, -0.15) is 0 Å². The number of aliphatic hydroxyl groups excluding tert-OH is 1. The first-order valence-corrected chi connectivity index (χ1v) is 12.8. The number of carbonyl (C=O) groups excluding carboxylic acids is 1. The summed E-state index contributed by atoms with van der Waals surface area (Å²) >= 11 is 0. The summed E-state index contributed by atoms with van der Waals surface area (Å²) in [5, 5.41) is 12.1. The number of esters is 1. The van der Waals surface area contributed by atoms with Crippen LogP contribution in [0.15, 0.2) is 60.7 Å². The smallest absolute Gasteiger partial charge is 0.309 e. The van der Waals surface area contributed by atoms with E-state index in [0.717, 1.165) is 6.42 Å². The van der Waals surface area contributed by atoms with Gasteiger partial charge in [-0.25, -0.2) is 0 Å². The van der Waals surface area contributed by atoms with Gasteiger partial charge in [0.2, 0.25) is 0 Å². The molecule has 1 saturated carbocycles. The van der Waals surface area contributed by atoms with Gasteiger partial charge in [0.15, 0.2) is 0 Å². The summed E-state index contributed by atoms with van der Waals surface area (Å²) in [4.78, 5) is 12.3. The summed E-state index contributed by atoms with van der Waals surface area (Å²) in [6, 6.07) is 21.0. The van der Waals surface area contributed by atoms with Gasteiger partial charge in [0.1, 0.15) is 0 Å². The number of rotatable bonds is 9. The van der Waals surface area contributed by atoms with Crippen molar-refractivity contribution in [2.75, 3.05) is 13.2 Å².